The number of benzene rings is 1. The first-order valence-corrected chi connectivity index (χ1v) is 7.70. The first-order chi connectivity index (χ1) is 11.6. The summed E-state index contributed by atoms with van der Waals surface area (Å²) >= 11 is 0. The van der Waals surface area contributed by atoms with E-state index in [9.17, 15) is 4.79 Å². The van der Waals surface area contributed by atoms with Crippen LogP contribution in [0.15, 0.2) is 45.6 Å². The molecule has 0 fully saturated rings. The van der Waals surface area contributed by atoms with Gasteiger partial charge in [0.25, 0.3) is 5.91 Å². The Balaban J connectivity index is 1.77. The van der Waals surface area contributed by atoms with Crippen LogP contribution in [0.2, 0.25) is 0 Å². The van der Waals surface area contributed by atoms with E-state index in [-0.39, 0.29) is 11.8 Å². The Bertz CT molecular complexity index is 823. The molecule has 1 atom stereocenters. The molecule has 3 aromatic rings. The van der Waals surface area contributed by atoms with E-state index in [0.717, 1.165) is 5.56 Å². The van der Waals surface area contributed by atoms with E-state index in [0.29, 0.717) is 23.0 Å². The molecule has 0 saturated carbocycles. The van der Waals surface area contributed by atoms with Gasteiger partial charge in [0.05, 0.1) is 6.20 Å². The van der Waals surface area contributed by atoms with E-state index in [1.54, 1.807) is 6.92 Å². The Morgan fingerprint density at radius 3 is 2.54 bits per heavy atom. The number of hydrogen-bond acceptors (Lipinski definition) is 6. The van der Waals surface area contributed by atoms with Crippen molar-refractivity contribution in [1.82, 2.24) is 20.6 Å². The van der Waals surface area contributed by atoms with Crippen LogP contribution in [0.25, 0.3) is 11.3 Å². The summed E-state index contributed by atoms with van der Waals surface area (Å²) in [5.41, 5.74) is 1.14. The van der Waals surface area contributed by atoms with Crippen LogP contribution in [0, 0.1) is 0 Å². The third kappa shape index (κ3) is 3.19. The van der Waals surface area contributed by atoms with Crippen LogP contribution in [0.4, 0.5) is 0 Å². The maximum Gasteiger partial charge on any atom is 0.257 e. The summed E-state index contributed by atoms with van der Waals surface area (Å²) in [5.74, 6) is 1.25. The van der Waals surface area contributed by atoms with Crippen LogP contribution >= 0.6 is 0 Å². The fraction of sp³-hybridized carbons (Fsp3) is 0.294. The van der Waals surface area contributed by atoms with Gasteiger partial charge in [0.15, 0.2) is 11.6 Å². The lowest BCUT2D eigenvalue weighted by Crippen LogP contribution is -2.27. The molecule has 2 aromatic heterocycles. The first kappa shape index (κ1) is 15.9. The second kappa shape index (κ2) is 6.66. The fourth-order valence-electron chi connectivity index (χ4n) is 2.19. The summed E-state index contributed by atoms with van der Waals surface area (Å²) in [4.78, 5) is 16.8. The third-order valence-corrected chi connectivity index (χ3v) is 3.54. The van der Waals surface area contributed by atoms with Gasteiger partial charge in [-0.25, -0.2) is 0 Å². The Morgan fingerprint density at radius 1 is 1.12 bits per heavy atom. The highest BCUT2D eigenvalue weighted by molar-refractivity contribution is 5.99. The number of hydrogen-bond donors (Lipinski definition) is 1. The molecule has 1 N–H and O–H groups in total. The Labute approximate surface area is 139 Å². The molecule has 1 aromatic carbocycles. The van der Waals surface area contributed by atoms with E-state index < -0.39 is 6.04 Å². The summed E-state index contributed by atoms with van der Waals surface area (Å²) in [6.07, 6.45) is 1.40. The average molecular weight is 326 g/mol. The van der Waals surface area contributed by atoms with Gasteiger partial charge >= 0.3 is 0 Å². The van der Waals surface area contributed by atoms with E-state index in [4.69, 9.17) is 9.05 Å². The Kier molecular flexibility index (Phi) is 4.41. The van der Waals surface area contributed by atoms with E-state index in [1.165, 1.54) is 6.20 Å². The lowest BCUT2D eigenvalue weighted by Gasteiger charge is -2.09. The van der Waals surface area contributed by atoms with Gasteiger partial charge in [-0.3, -0.25) is 4.79 Å². The van der Waals surface area contributed by atoms with Crippen LogP contribution in [0.1, 0.15) is 54.8 Å². The van der Waals surface area contributed by atoms with Crippen LogP contribution in [0.5, 0.6) is 0 Å². The lowest BCUT2D eigenvalue weighted by molar-refractivity contribution is 0.0932. The maximum atomic E-state index is 12.5. The molecule has 3 rings (SSSR count). The highest BCUT2D eigenvalue weighted by Gasteiger charge is 2.22. The maximum absolute atomic E-state index is 12.5. The summed E-state index contributed by atoms with van der Waals surface area (Å²) in [5, 5.41) is 10.5. The first-order valence-electron chi connectivity index (χ1n) is 7.70. The van der Waals surface area contributed by atoms with Crippen LogP contribution in [0.3, 0.4) is 0 Å². The molecule has 0 unspecified atom stereocenters. The molecule has 7 heteroatoms. The number of rotatable bonds is 5. The molecule has 0 radical (unpaired) electrons. The minimum atomic E-state index is -0.420. The van der Waals surface area contributed by atoms with Crippen molar-refractivity contribution in [3.63, 3.8) is 0 Å². The molecule has 7 nitrogen and oxygen atoms in total. The summed E-state index contributed by atoms with van der Waals surface area (Å²) in [6.45, 7) is 5.73. The molecule has 24 heavy (non-hydrogen) atoms. The van der Waals surface area contributed by atoms with Crippen molar-refractivity contribution in [1.29, 1.82) is 0 Å². The van der Waals surface area contributed by atoms with Crippen molar-refractivity contribution in [3.05, 3.63) is 53.8 Å². The van der Waals surface area contributed by atoms with E-state index >= 15 is 0 Å². The van der Waals surface area contributed by atoms with Gasteiger partial charge in [0.1, 0.15) is 11.6 Å². The van der Waals surface area contributed by atoms with Crippen molar-refractivity contribution in [3.8, 4) is 11.3 Å². The van der Waals surface area contributed by atoms with Gasteiger partial charge in [0, 0.05) is 11.5 Å². The minimum absolute atomic E-state index is 0.160. The summed E-state index contributed by atoms with van der Waals surface area (Å²) in [7, 11) is 0. The molecule has 0 saturated heterocycles. The highest BCUT2D eigenvalue weighted by Crippen LogP contribution is 2.24. The molecular formula is C17H18N4O3. The summed E-state index contributed by atoms with van der Waals surface area (Å²) in [6, 6.07) is 8.92. The van der Waals surface area contributed by atoms with Gasteiger partial charge in [-0.15, -0.1) is 0 Å². The molecule has 124 valence electrons. The number of amides is 1. The SMILES string of the molecule is CC(C)c1noc([C@H](C)NC(=O)c2cnoc2-c2ccccc2)n1. The Hall–Kier alpha value is -2.96. The third-order valence-electron chi connectivity index (χ3n) is 3.54. The normalized spacial score (nSPS) is 12.3. The number of carbonyl (C=O) groups excluding carboxylic acids is 1. The standard InChI is InChI=1S/C17H18N4O3/c1-10(2)15-20-17(24-21-15)11(3)19-16(22)13-9-18-23-14(13)12-7-5-4-6-8-12/h4-11H,1-3H3,(H,19,22)/t11-/m0/s1. The van der Waals surface area contributed by atoms with Crippen molar-refractivity contribution >= 4 is 5.91 Å². The zero-order valence-corrected chi connectivity index (χ0v) is 13.7. The van der Waals surface area contributed by atoms with Crippen molar-refractivity contribution in [2.75, 3.05) is 0 Å². The van der Waals surface area contributed by atoms with E-state index in [1.807, 2.05) is 44.2 Å². The highest BCUT2D eigenvalue weighted by atomic mass is 16.5. The zero-order chi connectivity index (χ0) is 17.1. The minimum Gasteiger partial charge on any atom is -0.355 e. The van der Waals surface area contributed by atoms with Gasteiger partial charge in [-0.1, -0.05) is 54.5 Å². The van der Waals surface area contributed by atoms with Crippen LogP contribution < -0.4 is 5.32 Å². The monoisotopic (exact) mass is 326 g/mol. The van der Waals surface area contributed by atoms with Crippen LogP contribution in [-0.4, -0.2) is 21.2 Å². The number of nitrogens with zero attached hydrogens (tertiary/aromatic N) is 3. The zero-order valence-electron chi connectivity index (χ0n) is 13.7. The molecule has 0 aliphatic rings. The predicted molar refractivity (Wildman–Crippen MR) is 86.2 cm³/mol. The molecule has 0 spiro atoms. The predicted octanol–water partition coefficient (Wildman–Crippen LogP) is 3.34. The number of carbonyl (C=O) groups is 1. The van der Waals surface area contributed by atoms with Gasteiger partial charge in [0.2, 0.25) is 5.89 Å². The van der Waals surface area contributed by atoms with E-state index in [2.05, 4.69) is 20.6 Å². The topological polar surface area (TPSA) is 94.1 Å². The second-order valence-corrected chi connectivity index (χ2v) is 5.78. The van der Waals surface area contributed by atoms with Gasteiger partial charge < -0.3 is 14.4 Å². The number of aromatic nitrogens is 3. The lowest BCUT2D eigenvalue weighted by atomic mass is 10.1. The molecule has 2 heterocycles. The van der Waals surface area contributed by atoms with Gasteiger partial charge in [-0.2, -0.15) is 4.98 Å². The quantitative estimate of drug-likeness (QED) is 0.773. The molecule has 1 amide bonds. The fourth-order valence-corrected chi connectivity index (χ4v) is 2.19. The number of nitrogens with one attached hydrogen (secondary N) is 1. The summed E-state index contributed by atoms with van der Waals surface area (Å²) < 4.78 is 10.4. The molecule has 0 bridgehead atoms. The largest absolute Gasteiger partial charge is 0.355 e. The smallest absolute Gasteiger partial charge is 0.257 e. The van der Waals surface area contributed by atoms with Crippen molar-refractivity contribution < 1.29 is 13.8 Å². The van der Waals surface area contributed by atoms with Crippen molar-refractivity contribution in [2.24, 2.45) is 0 Å². The molecule has 0 aliphatic heterocycles. The second-order valence-electron chi connectivity index (χ2n) is 5.78. The molecular weight excluding hydrogens is 308 g/mol. The molecule has 0 aliphatic carbocycles. The van der Waals surface area contributed by atoms with Crippen LogP contribution in [-0.2, 0) is 0 Å². The Morgan fingerprint density at radius 2 is 1.88 bits per heavy atom. The van der Waals surface area contributed by atoms with Crippen molar-refractivity contribution in [2.45, 2.75) is 32.7 Å². The van der Waals surface area contributed by atoms with Gasteiger partial charge in [-0.05, 0) is 6.92 Å². The average Bonchev–Trinajstić information content (AvgIpc) is 3.25.